The molecule has 0 amide bonds. The molecule has 0 aliphatic rings. The van der Waals surface area contributed by atoms with Gasteiger partial charge in [0.2, 0.25) is 0 Å². The number of ketones is 1. The van der Waals surface area contributed by atoms with Crippen molar-refractivity contribution < 1.29 is 9.18 Å². The van der Waals surface area contributed by atoms with Crippen LogP contribution in [0.2, 0.25) is 0 Å². The van der Waals surface area contributed by atoms with E-state index in [1.165, 1.54) is 6.07 Å². The molecule has 0 radical (unpaired) electrons. The van der Waals surface area contributed by atoms with Crippen LogP contribution in [0.4, 0.5) is 4.39 Å². The van der Waals surface area contributed by atoms with Gasteiger partial charge in [0.05, 0.1) is 0 Å². The maximum Gasteiger partial charge on any atom is 0.170 e. The van der Waals surface area contributed by atoms with Crippen LogP contribution in [0.3, 0.4) is 0 Å². The fourth-order valence-electron chi connectivity index (χ4n) is 1.94. The summed E-state index contributed by atoms with van der Waals surface area (Å²) >= 11 is 0. The second kappa shape index (κ2) is 5.13. The van der Waals surface area contributed by atoms with Crippen LogP contribution in [0, 0.1) is 12.7 Å². The van der Waals surface area contributed by atoms with Gasteiger partial charge in [-0.15, -0.1) is 0 Å². The second-order valence-corrected chi connectivity index (χ2v) is 4.46. The maximum atomic E-state index is 13.2. The monoisotopic (exact) mass is 242 g/mol. The first-order valence-electron chi connectivity index (χ1n) is 5.95. The summed E-state index contributed by atoms with van der Waals surface area (Å²) in [5.41, 5.74) is 2.04. The van der Waals surface area contributed by atoms with E-state index in [4.69, 9.17) is 0 Å². The Labute approximate surface area is 106 Å². The van der Waals surface area contributed by atoms with Crippen molar-refractivity contribution in [3.63, 3.8) is 0 Å². The molecule has 0 aliphatic heterocycles. The van der Waals surface area contributed by atoms with Crippen molar-refractivity contribution in [2.75, 3.05) is 0 Å². The van der Waals surface area contributed by atoms with Crippen LogP contribution in [-0.2, 0) is 0 Å². The SMILES string of the molecule is Cc1cc(C(=O)C(C)c2ccccc2)ccc1F. The van der Waals surface area contributed by atoms with Gasteiger partial charge in [0.25, 0.3) is 0 Å². The van der Waals surface area contributed by atoms with Crippen LogP contribution in [0.15, 0.2) is 48.5 Å². The summed E-state index contributed by atoms with van der Waals surface area (Å²) in [6.07, 6.45) is 0. The highest BCUT2D eigenvalue weighted by Gasteiger charge is 2.17. The van der Waals surface area contributed by atoms with E-state index in [2.05, 4.69) is 0 Å². The zero-order valence-corrected chi connectivity index (χ0v) is 10.5. The number of halogens is 1. The lowest BCUT2D eigenvalue weighted by molar-refractivity contribution is 0.0966. The van der Waals surface area contributed by atoms with Crippen molar-refractivity contribution in [3.8, 4) is 0 Å². The van der Waals surface area contributed by atoms with E-state index in [1.807, 2.05) is 37.3 Å². The van der Waals surface area contributed by atoms with Crippen LogP contribution in [0.5, 0.6) is 0 Å². The molecule has 2 aromatic carbocycles. The molecular weight excluding hydrogens is 227 g/mol. The van der Waals surface area contributed by atoms with Gasteiger partial charge in [0.1, 0.15) is 5.82 Å². The van der Waals surface area contributed by atoms with E-state index < -0.39 is 0 Å². The van der Waals surface area contributed by atoms with Crippen LogP contribution in [-0.4, -0.2) is 5.78 Å². The number of rotatable bonds is 3. The molecule has 0 N–H and O–H groups in total. The Kier molecular flexibility index (Phi) is 3.56. The standard InChI is InChI=1S/C16H15FO/c1-11-10-14(8-9-15(11)17)16(18)12(2)13-6-4-3-5-7-13/h3-10,12H,1-2H3. The van der Waals surface area contributed by atoms with Crippen LogP contribution < -0.4 is 0 Å². The van der Waals surface area contributed by atoms with Crippen LogP contribution >= 0.6 is 0 Å². The number of aryl methyl sites for hydroxylation is 1. The van der Waals surface area contributed by atoms with Crippen molar-refractivity contribution in [1.29, 1.82) is 0 Å². The molecule has 2 aromatic rings. The van der Waals surface area contributed by atoms with Gasteiger partial charge in [-0.3, -0.25) is 4.79 Å². The molecule has 1 unspecified atom stereocenters. The summed E-state index contributed by atoms with van der Waals surface area (Å²) in [6.45, 7) is 3.54. The van der Waals surface area contributed by atoms with Crippen molar-refractivity contribution >= 4 is 5.78 Å². The molecule has 1 nitrogen and oxygen atoms in total. The molecule has 92 valence electrons. The van der Waals surface area contributed by atoms with Crippen molar-refractivity contribution in [2.24, 2.45) is 0 Å². The zero-order valence-electron chi connectivity index (χ0n) is 10.5. The van der Waals surface area contributed by atoms with E-state index in [9.17, 15) is 9.18 Å². The molecule has 18 heavy (non-hydrogen) atoms. The summed E-state index contributed by atoms with van der Waals surface area (Å²) in [7, 11) is 0. The Balaban J connectivity index is 2.29. The Hall–Kier alpha value is -1.96. The fraction of sp³-hybridized carbons (Fsp3) is 0.188. The molecular formula is C16H15FO. The van der Waals surface area contributed by atoms with Crippen LogP contribution in [0.25, 0.3) is 0 Å². The van der Waals surface area contributed by atoms with Crippen molar-refractivity contribution in [2.45, 2.75) is 19.8 Å². The summed E-state index contributed by atoms with van der Waals surface area (Å²) in [6, 6.07) is 14.1. The van der Waals surface area contributed by atoms with Gasteiger partial charge in [-0.25, -0.2) is 4.39 Å². The minimum absolute atomic E-state index is 0.0179. The molecule has 0 aliphatic carbocycles. The Morgan fingerprint density at radius 1 is 1.11 bits per heavy atom. The van der Waals surface area contributed by atoms with E-state index in [1.54, 1.807) is 19.1 Å². The molecule has 2 rings (SSSR count). The van der Waals surface area contributed by atoms with Gasteiger partial charge < -0.3 is 0 Å². The average molecular weight is 242 g/mol. The number of hydrogen-bond acceptors (Lipinski definition) is 1. The zero-order chi connectivity index (χ0) is 13.1. The van der Waals surface area contributed by atoms with Crippen molar-refractivity contribution in [1.82, 2.24) is 0 Å². The maximum absolute atomic E-state index is 13.2. The molecule has 0 heterocycles. The molecule has 0 saturated heterocycles. The van der Waals surface area contributed by atoms with E-state index in [-0.39, 0.29) is 17.5 Å². The molecule has 0 fully saturated rings. The first-order chi connectivity index (χ1) is 8.59. The van der Waals surface area contributed by atoms with Gasteiger partial charge in [0, 0.05) is 11.5 Å². The highest BCUT2D eigenvalue weighted by molar-refractivity contribution is 6.00. The fourth-order valence-corrected chi connectivity index (χ4v) is 1.94. The van der Waals surface area contributed by atoms with Crippen molar-refractivity contribution in [3.05, 3.63) is 71.0 Å². The summed E-state index contributed by atoms with van der Waals surface area (Å²) < 4.78 is 13.2. The lowest BCUT2D eigenvalue weighted by Gasteiger charge is -2.11. The first kappa shape index (κ1) is 12.5. The van der Waals surface area contributed by atoms with Gasteiger partial charge >= 0.3 is 0 Å². The molecule has 0 aromatic heterocycles. The highest BCUT2D eigenvalue weighted by atomic mass is 19.1. The third-order valence-electron chi connectivity index (χ3n) is 3.14. The predicted molar refractivity (Wildman–Crippen MR) is 70.3 cm³/mol. The summed E-state index contributed by atoms with van der Waals surface area (Å²) in [5, 5.41) is 0. The summed E-state index contributed by atoms with van der Waals surface area (Å²) in [5.74, 6) is -0.473. The molecule has 0 bridgehead atoms. The Bertz CT molecular complexity index is 561. The third-order valence-corrected chi connectivity index (χ3v) is 3.14. The molecule has 2 heteroatoms. The largest absolute Gasteiger partial charge is 0.294 e. The van der Waals surface area contributed by atoms with Gasteiger partial charge in [-0.1, -0.05) is 37.3 Å². The quantitative estimate of drug-likeness (QED) is 0.740. The van der Waals surface area contributed by atoms with Crippen LogP contribution in [0.1, 0.15) is 34.3 Å². The lowest BCUT2D eigenvalue weighted by atomic mass is 9.92. The number of carbonyl (C=O) groups is 1. The molecule has 0 saturated carbocycles. The average Bonchev–Trinajstić information content (AvgIpc) is 2.41. The molecule has 0 spiro atoms. The smallest absolute Gasteiger partial charge is 0.170 e. The Morgan fingerprint density at radius 3 is 2.39 bits per heavy atom. The van der Waals surface area contributed by atoms with Gasteiger partial charge in [0.15, 0.2) is 5.78 Å². The number of carbonyl (C=O) groups excluding carboxylic acids is 1. The second-order valence-electron chi connectivity index (χ2n) is 4.46. The third kappa shape index (κ3) is 2.48. The predicted octanol–water partition coefficient (Wildman–Crippen LogP) is 4.12. The van der Waals surface area contributed by atoms with Gasteiger partial charge in [-0.05, 0) is 36.2 Å². The number of benzene rings is 2. The first-order valence-corrected chi connectivity index (χ1v) is 5.95. The van der Waals surface area contributed by atoms with E-state index in [0.29, 0.717) is 11.1 Å². The Morgan fingerprint density at radius 2 is 1.78 bits per heavy atom. The summed E-state index contributed by atoms with van der Waals surface area (Å²) in [4.78, 5) is 12.3. The normalized spacial score (nSPS) is 12.2. The topological polar surface area (TPSA) is 17.1 Å². The highest BCUT2D eigenvalue weighted by Crippen LogP contribution is 2.21. The minimum atomic E-state index is -0.279. The minimum Gasteiger partial charge on any atom is -0.294 e. The van der Waals surface area contributed by atoms with Gasteiger partial charge in [-0.2, -0.15) is 0 Å². The van der Waals surface area contributed by atoms with E-state index >= 15 is 0 Å². The number of Topliss-reactive ketones (excluding diaryl/α,β-unsaturated/α-hetero) is 1. The lowest BCUT2D eigenvalue weighted by Crippen LogP contribution is -2.10. The van der Waals surface area contributed by atoms with E-state index in [0.717, 1.165) is 5.56 Å². The molecule has 1 atom stereocenters. The number of hydrogen-bond donors (Lipinski definition) is 0.